The summed E-state index contributed by atoms with van der Waals surface area (Å²) in [6.45, 7) is 1.85. The summed E-state index contributed by atoms with van der Waals surface area (Å²) in [6, 6.07) is 14.8. The van der Waals surface area contributed by atoms with E-state index in [0.717, 1.165) is 25.2 Å². The van der Waals surface area contributed by atoms with Gasteiger partial charge in [0.2, 0.25) is 0 Å². The van der Waals surface area contributed by atoms with Crippen LogP contribution in [0.5, 0.6) is 0 Å². The van der Waals surface area contributed by atoms with E-state index in [-0.39, 0.29) is 0 Å². The third-order valence-corrected chi connectivity index (χ3v) is 3.57. The van der Waals surface area contributed by atoms with Crippen molar-refractivity contribution in [1.29, 1.82) is 0 Å². The van der Waals surface area contributed by atoms with Gasteiger partial charge in [-0.2, -0.15) is 0 Å². The Morgan fingerprint density at radius 1 is 1.10 bits per heavy atom. The topological polar surface area (TPSA) is 29.9 Å². The van der Waals surface area contributed by atoms with Crippen molar-refractivity contribution in [1.82, 2.24) is 14.9 Å². The zero-order valence-corrected chi connectivity index (χ0v) is 11.7. The van der Waals surface area contributed by atoms with Crippen LogP contribution in [0, 0.1) is 0 Å². The molecule has 0 atom stereocenters. The molecule has 3 aromatic rings. The lowest BCUT2D eigenvalue weighted by Gasteiger charge is -2.09. The van der Waals surface area contributed by atoms with Crippen molar-refractivity contribution in [2.24, 2.45) is 0 Å². The average Bonchev–Trinajstić information content (AvgIpc) is 2.91. The van der Waals surface area contributed by atoms with E-state index in [2.05, 4.69) is 51.4 Å². The quantitative estimate of drug-likeness (QED) is 0.768. The first kappa shape index (κ1) is 12.9. The van der Waals surface area contributed by atoms with Gasteiger partial charge in [0.25, 0.3) is 0 Å². The van der Waals surface area contributed by atoms with Gasteiger partial charge in [-0.05, 0) is 36.2 Å². The number of nitrogens with zero attached hydrogens (tertiary/aromatic N) is 2. The number of nitrogens with one attached hydrogen (secondary N) is 1. The molecular weight excluding hydrogens is 246 g/mol. The van der Waals surface area contributed by atoms with E-state index in [9.17, 15) is 0 Å². The Hall–Kier alpha value is -2.13. The maximum absolute atomic E-state index is 4.39. The summed E-state index contributed by atoms with van der Waals surface area (Å²) in [5.41, 5.74) is 3.81. The monoisotopic (exact) mass is 265 g/mol. The molecule has 0 aliphatic carbocycles. The Balaban J connectivity index is 1.88. The highest BCUT2D eigenvalue weighted by atomic mass is 15.0. The van der Waals surface area contributed by atoms with E-state index in [1.807, 2.05) is 25.4 Å². The van der Waals surface area contributed by atoms with Gasteiger partial charge in [0.1, 0.15) is 0 Å². The van der Waals surface area contributed by atoms with Crippen LogP contribution in [0.15, 0.2) is 54.9 Å². The summed E-state index contributed by atoms with van der Waals surface area (Å²) in [5.74, 6) is 0. The van der Waals surface area contributed by atoms with Gasteiger partial charge in [-0.3, -0.25) is 4.98 Å². The lowest BCUT2D eigenvalue weighted by molar-refractivity contribution is 0.704. The molecule has 102 valence electrons. The minimum atomic E-state index is 0.894. The summed E-state index contributed by atoms with van der Waals surface area (Å²) < 4.78 is 2.33. The fourth-order valence-corrected chi connectivity index (χ4v) is 2.64. The zero-order chi connectivity index (χ0) is 13.8. The normalized spacial score (nSPS) is 11.1. The van der Waals surface area contributed by atoms with Crippen molar-refractivity contribution in [3.8, 4) is 0 Å². The first-order valence-corrected chi connectivity index (χ1v) is 7.00. The first-order chi connectivity index (χ1) is 9.88. The van der Waals surface area contributed by atoms with E-state index >= 15 is 0 Å². The molecule has 2 heterocycles. The summed E-state index contributed by atoms with van der Waals surface area (Å²) >= 11 is 0. The molecule has 0 unspecified atom stereocenters. The number of hydrogen-bond donors (Lipinski definition) is 1. The van der Waals surface area contributed by atoms with Gasteiger partial charge in [-0.15, -0.1) is 0 Å². The third kappa shape index (κ3) is 2.58. The fraction of sp³-hybridized carbons (Fsp3) is 0.235. The van der Waals surface area contributed by atoms with E-state index in [1.165, 1.54) is 16.5 Å². The van der Waals surface area contributed by atoms with Crippen LogP contribution in [0.4, 0.5) is 0 Å². The Morgan fingerprint density at radius 3 is 2.85 bits per heavy atom. The number of rotatable bonds is 5. The second kappa shape index (κ2) is 5.88. The highest BCUT2D eigenvalue weighted by Gasteiger charge is 2.06. The van der Waals surface area contributed by atoms with Crippen molar-refractivity contribution in [2.45, 2.75) is 19.5 Å². The number of pyridine rings is 1. The van der Waals surface area contributed by atoms with Crippen molar-refractivity contribution < 1.29 is 0 Å². The molecule has 0 saturated carbocycles. The minimum Gasteiger partial charge on any atom is -0.347 e. The number of fused-ring (bicyclic) bond motifs is 1. The van der Waals surface area contributed by atoms with Gasteiger partial charge in [0.15, 0.2) is 0 Å². The molecule has 0 fully saturated rings. The van der Waals surface area contributed by atoms with Gasteiger partial charge < -0.3 is 9.88 Å². The van der Waals surface area contributed by atoms with Crippen LogP contribution in [-0.4, -0.2) is 16.6 Å². The van der Waals surface area contributed by atoms with Gasteiger partial charge in [0.05, 0.1) is 5.52 Å². The highest BCUT2D eigenvalue weighted by molar-refractivity contribution is 5.83. The Bertz CT molecular complexity index is 686. The lowest BCUT2D eigenvalue weighted by atomic mass is 10.1. The minimum absolute atomic E-state index is 0.894. The molecule has 2 aromatic heterocycles. The van der Waals surface area contributed by atoms with Crippen molar-refractivity contribution in [3.05, 3.63) is 66.1 Å². The molecule has 3 heteroatoms. The largest absolute Gasteiger partial charge is 0.347 e. The number of aromatic nitrogens is 2. The molecule has 0 bridgehead atoms. The molecule has 20 heavy (non-hydrogen) atoms. The molecule has 0 spiro atoms. The van der Waals surface area contributed by atoms with E-state index in [0.29, 0.717) is 0 Å². The SMILES string of the molecule is CNCc1cccc2ccn(CCc3ccccn3)c12. The van der Waals surface area contributed by atoms with Crippen LogP contribution in [0.1, 0.15) is 11.3 Å². The third-order valence-electron chi connectivity index (χ3n) is 3.57. The van der Waals surface area contributed by atoms with Gasteiger partial charge >= 0.3 is 0 Å². The van der Waals surface area contributed by atoms with Crippen LogP contribution >= 0.6 is 0 Å². The van der Waals surface area contributed by atoms with Gasteiger partial charge in [0, 0.05) is 37.6 Å². The number of benzene rings is 1. The molecular formula is C17H19N3. The fourth-order valence-electron chi connectivity index (χ4n) is 2.64. The van der Waals surface area contributed by atoms with Crippen molar-refractivity contribution in [3.63, 3.8) is 0 Å². The average molecular weight is 265 g/mol. The van der Waals surface area contributed by atoms with Crippen LogP contribution in [-0.2, 0) is 19.5 Å². The number of aryl methyl sites for hydroxylation is 2. The van der Waals surface area contributed by atoms with Gasteiger partial charge in [-0.25, -0.2) is 0 Å². The maximum atomic E-state index is 4.39. The molecule has 3 nitrogen and oxygen atoms in total. The molecule has 0 amide bonds. The van der Waals surface area contributed by atoms with Crippen LogP contribution in [0.2, 0.25) is 0 Å². The molecule has 0 saturated heterocycles. The summed E-state index contributed by atoms with van der Waals surface area (Å²) in [7, 11) is 1.99. The molecule has 1 N–H and O–H groups in total. The van der Waals surface area contributed by atoms with Crippen LogP contribution in [0.25, 0.3) is 10.9 Å². The number of para-hydroxylation sites is 1. The number of hydrogen-bond acceptors (Lipinski definition) is 2. The Labute approximate surface area is 119 Å². The second-order valence-corrected chi connectivity index (χ2v) is 4.97. The smallest absolute Gasteiger partial charge is 0.0525 e. The molecule has 1 aromatic carbocycles. The van der Waals surface area contributed by atoms with Crippen molar-refractivity contribution in [2.75, 3.05) is 7.05 Å². The van der Waals surface area contributed by atoms with E-state index < -0.39 is 0 Å². The molecule has 0 radical (unpaired) electrons. The zero-order valence-electron chi connectivity index (χ0n) is 11.7. The predicted molar refractivity (Wildman–Crippen MR) is 82.6 cm³/mol. The van der Waals surface area contributed by atoms with Crippen LogP contribution in [0.3, 0.4) is 0 Å². The Morgan fingerprint density at radius 2 is 2.05 bits per heavy atom. The molecule has 0 aliphatic rings. The standard InChI is InChI=1S/C17H19N3/c1-18-13-15-6-4-5-14-8-11-20(17(14)15)12-9-16-7-2-3-10-19-16/h2-8,10-11,18H,9,12-13H2,1H3. The first-order valence-electron chi connectivity index (χ1n) is 7.00. The van der Waals surface area contributed by atoms with Crippen LogP contribution < -0.4 is 5.32 Å². The summed E-state index contributed by atoms with van der Waals surface area (Å²) in [5, 5.41) is 4.55. The lowest BCUT2D eigenvalue weighted by Crippen LogP contribution is -2.08. The van der Waals surface area contributed by atoms with E-state index in [1.54, 1.807) is 0 Å². The maximum Gasteiger partial charge on any atom is 0.0525 e. The van der Waals surface area contributed by atoms with Crippen molar-refractivity contribution >= 4 is 10.9 Å². The predicted octanol–water partition coefficient (Wildman–Crippen LogP) is 3.00. The summed E-state index contributed by atoms with van der Waals surface area (Å²) in [6.07, 6.45) is 4.99. The molecule has 3 rings (SSSR count). The van der Waals surface area contributed by atoms with E-state index in [4.69, 9.17) is 0 Å². The van der Waals surface area contributed by atoms with Gasteiger partial charge in [-0.1, -0.05) is 24.3 Å². The Kier molecular flexibility index (Phi) is 3.79. The highest BCUT2D eigenvalue weighted by Crippen LogP contribution is 2.20. The molecule has 0 aliphatic heterocycles. The second-order valence-electron chi connectivity index (χ2n) is 4.97. The summed E-state index contributed by atoms with van der Waals surface area (Å²) in [4.78, 5) is 4.39.